The predicted molar refractivity (Wildman–Crippen MR) is 51.0 cm³/mol. The van der Waals surface area contributed by atoms with Gasteiger partial charge in [0.15, 0.2) is 0 Å². The van der Waals surface area contributed by atoms with Crippen LogP contribution in [-0.4, -0.2) is 48.8 Å². The molecule has 0 aromatic heterocycles. The third-order valence-corrected chi connectivity index (χ3v) is 3.11. The molecule has 2 rings (SSSR count). The maximum absolute atomic E-state index is 12.4. The van der Waals surface area contributed by atoms with Crippen LogP contribution in [0.25, 0.3) is 0 Å². The van der Waals surface area contributed by atoms with Crippen LogP contribution in [0, 0.1) is 0 Å². The molecule has 2 unspecified atom stereocenters. The lowest BCUT2D eigenvalue weighted by molar-refractivity contribution is -0.162. The van der Waals surface area contributed by atoms with Crippen molar-refractivity contribution in [3.8, 4) is 0 Å². The molecule has 2 aliphatic heterocycles. The summed E-state index contributed by atoms with van der Waals surface area (Å²) in [5.41, 5.74) is 0. The number of piperidine rings is 1. The summed E-state index contributed by atoms with van der Waals surface area (Å²) >= 11 is 0. The van der Waals surface area contributed by atoms with Gasteiger partial charge < -0.3 is 15.5 Å². The van der Waals surface area contributed by atoms with E-state index >= 15 is 0 Å². The molecule has 0 aromatic rings. The third-order valence-electron chi connectivity index (χ3n) is 3.11. The quantitative estimate of drug-likeness (QED) is 0.705. The summed E-state index contributed by atoms with van der Waals surface area (Å²) in [6.45, 7) is 1.39. The molecule has 0 saturated carbocycles. The summed E-state index contributed by atoms with van der Waals surface area (Å²) in [6.07, 6.45) is -3.74. The summed E-state index contributed by atoms with van der Waals surface area (Å²) in [7, 11) is 0. The Morgan fingerprint density at radius 1 is 1.31 bits per heavy atom. The first-order chi connectivity index (χ1) is 7.48. The van der Waals surface area contributed by atoms with E-state index in [2.05, 4.69) is 10.6 Å². The highest BCUT2D eigenvalue weighted by Gasteiger charge is 2.43. The summed E-state index contributed by atoms with van der Waals surface area (Å²) in [6, 6.07) is -1.70. The van der Waals surface area contributed by atoms with Gasteiger partial charge in [-0.3, -0.25) is 0 Å². The first-order valence-corrected chi connectivity index (χ1v) is 5.33. The van der Waals surface area contributed by atoms with Crippen LogP contribution in [0.2, 0.25) is 0 Å². The highest BCUT2D eigenvalue weighted by atomic mass is 19.4. The molecule has 92 valence electrons. The molecule has 0 bridgehead atoms. The van der Waals surface area contributed by atoms with Crippen LogP contribution in [-0.2, 0) is 0 Å². The van der Waals surface area contributed by atoms with Gasteiger partial charge in [0.25, 0.3) is 0 Å². The Balaban J connectivity index is 1.88. The molecular formula is C9H14F3N3O. The molecule has 2 N–H and O–H groups in total. The van der Waals surface area contributed by atoms with Gasteiger partial charge in [0.05, 0.1) is 0 Å². The van der Waals surface area contributed by atoms with Gasteiger partial charge in [0.2, 0.25) is 0 Å². The molecule has 2 atom stereocenters. The van der Waals surface area contributed by atoms with Crippen molar-refractivity contribution in [1.29, 1.82) is 0 Å². The van der Waals surface area contributed by atoms with E-state index in [4.69, 9.17) is 0 Å². The SMILES string of the molecule is O=C1NCCN1C1CCC(C(F)(F)F)NC1. The minimum atomic E-state index is -4.18. The lowest BCUT2D eigenvalue weighted by Crippen LogP contribution is -2.54. The number of hydrogen-bond acceptors (Lipinski definition) is 2. The highest BCUT2D eigenvalue weighted by Crippen LogP contribution is 2.27. The van der Waals surface area contributed by atoms with Crippen molar-refractivity contribution >= 4 is 6.03 Å². The fraction of sp³-hybridized carbons (Fsp3) is 0.889. The van der Waals surface area contributed by atoms with Gasteiger partial charge in [-0.25, -0.2) is 4.79 Å². The number of urea groups is 1. The highest BCUT2D eigenvalue weighted by molar-refractivity contribution is 5.76. The second-order valence-corrected chi connectivity index (χ2v) is 4.16. The summed E-state index contributed by atoms with van der Waals surface area (Å²) < 4.78 is 37.1. The molecular weight excluding hydrogens is 223 g/mol. The number of halogens is 3. The van der Waals surface area contributed by atoms with Gasteiger partial charge in [-0.1, -0.05) is 0 Å². The van der Waals surface area contributed by atoms with Gasteiger partial charge in [-0.15, -0.1) is 0 Å². The topological polar surface area (TPSA) is 44.4 Å². The number of carbonyl (C=O) groups excluding carboxylic acids is 1. The maximum Gasteiger partial charge on any atom is 0.403 e. The third kappa shape index (κ3) is 2.23. The summed E-state index contributed by atoms with van der Waals surface area (Å²) in [4.78, 5) is 12.9. The normalized spacial score (nSPS) is 31.7. The molecule has 0 aromatic carbocycles. The molecule has 2 amide bonds. The number of amides is 2. The van der Waals surface area contributed by atoms with E-state index in [0.717, 1.165) is 0 Å². The Kier molecular flexibility index (Phi) is 2.96. The van der Waals surface area contributed by atoms with Crippen LogP contribution in [0.1, 0.15) is 12.8 Å². The Morgan fingerprint density at radius 3 is 2.50 bits per heavy atom. The van der Waals surface area contributed by atoms with E-state index in [1.807, 2.05) is 0 Å². The molecule has 16 heavy (non-hydrogen) atoms. The Labute approximate surface area is 91.2 Å². The van der Waals surface area contributed by atoms with Gasteiger partial charge in [-0.05, 0) is 12.8 Å². The van der Waals surface area contributed by atoms with Crippen molar-refractivity contribution in [1.82, 2.24) is 15.5 Å². The molecule has 0 aliphatic carbocycles. The monoisotopic (exact) mass is 237 g/mol. The molecule has 0 spiro atoms. The number of nitrogens with zero attached hydrogens (tertiary/aromatic N) is 1. The smallest absolute Gasteiger partial charge is 0.336 e. The predicted octanol–water partition coefficient (Wildman–Crippen LogP) is 0.694. The van der Waals surface area contributed by atoms with E-state index in [1.165, 1.54) is 0 Å². The van der Waals surface area contributed by atoms with Crippen molar-refractivity contribution in [3.05, 3.63) is 0 Å². The lowest BCUT2D eigenvalue weighted by Gasteiger charge is -2.35. The fourth-order valence-electron chi connectivity index (χ4n) is 2.22. The Morgan fingerprint density at radius 2 is 2.06 bits per heavy atom. The molecule has 2 saturated heterocycles. The zero-order valence-electron chi connectivity index (χ0n) is 8.68. The zero-order chi connectivity index (χ0) is 11.8. The number of rotatable bonds is 1. The minimum Gasteiger partial charge on any atom is -0.336 e. The molecule has 4 nitrogen and oxygen atoms in total. The van der Waals surface area contributed by atoms with Crippen molar-refractivity contribution < 1.29 is 18.0 Å². The zero-order valence-corrected chi connectivity index (χ0v) is 8.68. The van der Waals surface area contributed by atoms with E-state index in [9.17, 15) is 18.0 Å². The van der Waals surface area contributed by atoms with Crippen LogP contribution in [0.5, 0.6) is 0 Å². The van der Waals surface area contributed by atoms with Crippen molar-refractivity contribution in [2.24, 2.45) is 0 Å². The van der Waals surface area contributed by atoms with E-state index in [1.54, 1.807) is 4.90 Å². The average molecular weight is 237 g/mol. The van der Waals surface area contributed by atoms with Crippen molar-refractivity contribution in [2.75, 3.05) is 19.6 Å². The van der Waals surface area contributed by atoms with Crippen LogP contribution in [0.3, 0.4) is 0 Å². The van der Waals surface area contributed by atoms with Crippen LogP contribution >= 0.6 is 0 Å². The summed E-state index contributed by atoms with van der Waals surface area (Å²) in [5, 5.41) is 5.11. The van der Waals surface area contributed by atoms with Gasteiger partial charge >= 0.3 is 12.2 Å². The molecule has 7 heteroatoms. The number of nitrogens with one attached hydrogen (secondary N) is 2. The van der Waals surface area contributed by atoms with Crippen LogP contribution in [0.15, 0.2) is 0 Å². The van der Waals surface area contributed by atoms with E-state index < -0.39 is 12.2 Å². The molecule has 2 heterocycles. The standard InChI is InChI=1S/C9H14F3N3O/c10-9(11,12)7-2-1-6(5-14-7)15-4-3-13-8(15)16/h6-7,14H,1-5H2,(H,13,16). The minimum absolute atomic E-state index is 0.0396. The van der Waals surface area contributed by atoms with Crippen LogP contribution in [0.4, 0.5) is 18.0 Å². The molecule has 2 aliphatic rings. The largest absolute Gasteiger partial charge is 0.403 e. The summed E-state index contributed by atoms with van der Waals surface area (Å²) in [5.74, 6) is 0. The van der Waals surface area contributed by atoms with Gasteiger partial charge in [-0.2, -0.15) is 13.2 Å². The second-order valence-electron chi connectivity index (χ2n) is 4.16. The Bertz CT molecular complexity index is 274. The maximum atomic E-state index is 12.4. The molecule has 0 radical (unpaired) electrons. The van der Waals surface area contributed by atoms with Crippen molar-refractivity contribution in [2.45, 2.75) is 31.1 Å². The number of hydrogen-bond donors (Lipinski definition) is 2. The lowest BCUT2D eigenvalue weighted by atomic mass is 9.99. The first kappa shape index (κ1) is 11.5. The molecule has 2 fully saturated rings. The van der Waals surface area contributed by atoms with Crippen molar-refractivity contribution in [3.63, 3.8) is 0 Å². The van der Waals surface area contributed by atoms with Gasteiger partial charge in [0.1, 0.15) is 6.04 Å². The number of alkyl halides is 3. The van der Waals surface area contributed by atoms with E-state index in [0.29, 0.717) is 19.5 Å². The Hall–Kier alpha value is -0.980. The number of carbonyl (C=O) groups is 1. The fourth-order valence-corrected chi connectivity index (χ4v) is 2.22. The van der Waals surface area contributed by atoms with Crippen LogP contribution < -0.4 is 10.6 Å². The average Bonchev–Trinajstić information content (AvgIpc) is 2.63. The first-order valence-electron chi connectivity index (χ1n) is 5.33. The second kappa shape index (κ2) is 4.12. The van der Waals surface area contributed by atoms with E-state index in [-0.39, 0.29) is 25.0 Å². The van der Waals surface area contributed by atoms with Gasteiger partial charge in [0, 0.05) is 25.7 Å².